The molecule has 0 N–H and O–H groups in total. The molecule has 0 atom stereocenters. The van der Waals surface area contributed by atoms with Gasteiger partial charge in [0.05, 0.1) is 12.8 Å². The van der Waals surface area contributed by atoms with Gasteiger partial charge in [-0.25, -0.2) is 4.98 Å². The summed E-state index contributed by atoms with van der Waals surface area (Å²) in [6.45, 7) is 2.04. The first-order valence-electron chi connectivity index (χ1n) is 4.91. The van der Waals surface area contributed by atoms with Crippen molar-refractivity contribution in [2.75, 3.05) is 7.11 Å². The summed E-state index contributed by atoms with van der Waals surface area (Å²) in [6, 6.07) is 7.99. The lowest BCUT2D eigenvalue weighted by molar-refractivity contribution is 0.415. The lowest BCUT2D eigenvalue weighted by Crippen LogP contribution is -1.82. The molecule has 0 bridgehead atoms. The fourth-order valence-electron chi connectivity index (χ4n) is 1.41. The number of aryl methyl sites for hydroxylation is 1. The molecule has 1 heterocycles. The minimum Gasteiger partial charge on any atom is -0.497 e. The molecule has 0 unspecified atom stereocenters. The van der Waals surface area contributed by atoms with Crippen LogP contribution in [0.25, 0.3) is 10.6 Å². The van der Waals surface area contributed by atoms with Gasteiger partial charge in [0.25, 0.3) is 0 Å². The Balaban J connectivity index is 2.34. The van der Waals surface area contributed by atoms with Crippen molar-refractivity contribution in [2.45, 2.75) is 12.3 Å². The van der Waals surface area contributed by atoms with Gasteiger partial charge < -0.3 is 4.74 Å². The zero-order chi connectivity index (χ0) is 11.5. The van der Waals surface area contributed by atoms with E-state index in [9.17, 15) is 0 Å². The van der Waals surface area contributed by atoms with E-state index >= 15 is 0 Å². The molecule has 4 heteroatoms. The fraction of sp³-hybridized carbons (Fsp3) is 0.250. The molecular formula is C12H12BrNOS. The van der Waals surface area contributed by atoms with Crippen molar-refractivity contribution in [3.8, 4) is 16.3 Å². The Kier molecular flexibility index (Phi) is 3.61. The molecule has 1 aromatic heterocycles. The zero-order valence-electron chi connectivity index (χ0n) is 9.16. The molecule has 2 aromatic rings. The fourth-order valence-corrected chi connectivity index (χ4v) is 3.08. The number of aromatic nitrogens is 1. The topological polar surface area (TPSA) is 22.1 Å². The Morgan fingerprint density at radius 2 is 2.00 bits per heavy atom. The molecule has 0 fully saturated rings. The molecule has 0 aliphatic heterocycles. The van der Waals surface area contributed by atoms with Gasteiger partial charge in [0.1, 0.15) is 10.8 Å². The summed E-state index contributed by atoms with van der Waals surface area (Å²) in [5.74, 6) is 0.873. The van der Waals surface area contributed by atoms with Crippen molar-refractivity contribution in [3.05, 3.63) is 34.8 Å². The van der Waals surface area contributed by atoms with Crippen molar-refractivity contribution >= 4 is 27.3 Å². The highest BCUT2D eigenvalue weighted by atomic mass is 79.9. The summed E-state index contributed by atoms with van der Waals surface area (Å²) in [5, 5.41) is 1.93. The van der Waals surface area contributed by atoms with Crippen molar-refractivity contribution in [1.82, 2.24) is 4.98 Å². The van der Waals surface area contributed by atoms with Crippen LogP contribution in [0.2, 0.25) is 0 Å². The summed E-state index contributed by atoms with van der Waals surface area (Å²) >= 11 is 5.19. The number of benzene rings is 1. The van der Waals surface area contributed by atoms with Crippen LogP contribution in [0.15, 0.2) is 24.3 Å². The quantitative estimate of drug-likeness (QED) is 0.798. The number of alkyl halides is 1. The molecule has 16 heavy (non-hydrogen) atoms. The van der Waals surface area contributed by atoms with Crippen LogP contribution in [-0.2, 0) is 5.33 Å². The second kappa shape index (κ2) is 4.97. The predicted octanol–water partition coefficient (Wildman–Crippen LogP) is 4.02. The minimum atomic E-state index is 0.868. The van der Waals surface area contributed by atoms with E-state index in [1.54, 1.807) is 18.4 Å². The predicted molar refractivity (Wildman–Crippen MR) is 71.5 cm³/mol. The molecule has 1 aromatic carbocycles. The third-order valence-electron chi connectivity index (χ3n) is 2.35. The van der Waals surface area contributed by atoms with Gasteiger partial charge in [0, 0.05) is 15.8 Å². The standard InChI is InChI=1S/C12H12BrNOS/c1-8-11(7-13)16-12(14-8)9-3-5-10(15-2)6-4-9/h3-6H,7H2,1-2H3. The maximum atomic E-state index is 5.13. The second-order valence-corrected chi connectivity index (χ2v) is 5.03. The van der Waals surface area contributed by atoms with E-state index < -0.39 is 0 Å². The summed E-state index contributed by atoms with van der Waals surface area (Å²) in [6.07, 6.45) is 0. The average Bonchev–Trinajstić information content (AvgIpc) is 2.71. The zero-order valence-corrected chi connectivity index (χ0v) is 11.6. The molecule has 0 aliphatic carbocycles. The third kappa shape index (κ3) is 2.28. The number of methoxy groups -OCH3 is 1. The Bertz CT molecular complexity index is 478. The maximum Gasteiger partial charge on any atom is 0.123 e. The van der Waals surface area contributed by atoms with Crippen LogP contribution in [0.5, 0.6) is 5.75 Å². The van der Waals surface area contributed by atoms with E-state index in [0.717, 1.165) is 27.3 Å². The highest BCUT2D eigenvalue weighted by Gasteiger charge is 2.08. The van der Waals surface area contributed by atoms with E-state index in [0.29, 0.717) is 0 Å². The first-order chi connectivity index (χ1) is 7.74. The minimum absolute atomic E-state index is 0.868. The Morgan fingerprint density at radius 3 is 2.50 bits per heavy atom. The number of hydrogen-bond donors (Lipinski definition) is 0. The number of hydrogen-bond acceptors (Lipinski definition) is 3. The Labute approximate surface area is 107 Å². The first kappa shape index (κ1) is 11.6. The van der Waals surface area contributed by atoms with Crippen molar-refractivity contribution in [3.63, 3.8) is 0 Å². The number of halogens is 1. The highest BCUT2D eigenvalue weighted by molar-refractivity contribution is 9.08. The third-order valence-corrected chi connectivity index (χ3v) is 4.49. The largest absolute Gasteiger partial charge is 0.497 e. The molecule has 0 spiro atoms. The summed E-state index contributed by atoms with van der Waals surface area (Å²) in [5.41, 5.74) is 2.24. The smallest absolute Gasteiger partial charge is 0.123 e. The van der Waals surface area contributed by atoms with Gasteiger partial charge in [-0.05, 0) is 31.2 Å². The van der Waals surface area contributed by atoms with Crippen LogP contribution >= 0.6 is 27.3 Å². The normalized spacial score (nSPS) is 10.4. The average molecular weight is 298 g/mol. The van der Waals surface area contributed by atoms with E-state index in [2.05, 4.69) is 20.9 Å². The van der Waals surface area contributed by atoms with Crippen LogP contribution in [0.4, 0.5) is 0 Å². The van der Waals surface area contributed by atoms with Gasteiger partial charge in [-0.3, -0.25) is 0 Å². The van der Waals surface area contributed by atoms with Gasteiger partial charge >= 0.3 is 0 Å². The molecule has 0 aliphatic rings. The van der Waals surface area contributed by atoms with Crippen molar-refractivity contribution in [1.29, 1.82) is 0 Å². The second-order valence-electron chi connectivity index (χ2n) is 3.39. The van der Waals surface area contributed by atoms with Crippen LogP contribution in [0.3, 0.4) is 0 Å². The van der Waals surface area contributed by atoms with Gasteiger partial charge in [0.15, 0.2) is 0 Å². The molecule has 84 valence electrons. The SMILES string of the molecule is COc1ccc(-c2nc(C)c(CBr)s2)cc1. The maximum absolute atomic E-state index is 5.13. The summed E-state index contributed by atoms with van der Waals surface area (Å²) in [4.78, 5) is 5.84. The first-order valence-corrected chi connectivity index (χ1v) is 6.85. The van der Waals surface area contributed by atoms with E-state index in [1.165, 1.54) is 4.88 Å². The Hall–Kier alpha value is -0.870. The molecule has 0 amide bonds. The molecule has 2 rings (SSSR count). The summed E-state index contributed by atoms with van der Waals surface area (Å²) in [7, 11) is 1.67. The highest BCUT2D eigenvalue weighted by Crippen LogP contribution is 2.30. The number of nitrogens with zero attached hydrogens (tertiary/aromatic N) is 1. The summed E-state index contributed by atoms with van der Waals surface area (Å²) < 4.78 is 5.13. The van der Waals surface area contributed by atoms with Crippen molar-refractivity contribution < 1.29 is 4.74 Å². The number of rotatable bonds is 3. The molecular weight excluding hydrogens is 286 g/mol. The lowest BCUT2D eigenvalue weighted by Gasteiger charge is -1.99. The van der Waals surface area contributed by atoms with Crippen LogP contribution in [-0.4, -0.2) is 12.1 Å². The van der Waals surface area contributed by atoms with Crippen LogP contribution in [0.1, 0.15) is 10.6 Å². The van der Waals surface area contributed by atoms with Gasteiger partial charge in [0.2, 0.25) is 0 Å². The molecule has 0 radical (unpaired) electrons. The Morgan fingerprint density at radius 1 is 1.31 bits per heavy atom. The van der Waals surface area contributed by atoms with Crippen LogP contribution in [0, 0.1) is 6.92 Å². The van der Waals surface area contributed by atoms with Gasteiger partial charge in [-0.1, -0.05) is 15.9 Å². The number of thiazole rings is 1. The molecule has 0 saturated carbocycles. The van der Waals surface area contributed by atoms with E-state index in [-0.39, 0.29) is 0 Å². The van der Waals surface area contributed by atoms with Gasteiger partial charge in [-0.2, -0.15) is 0 Å². The van der Waals surface area contributed by atoms with Gasteiger partial charge in [-0.15, -0.1) is 11.3 Å². The van der Waals surface area contributed by atoms with Crippen molar-refractivity contribution in [2.24, 2.45) is 0 Å². The monoisotopic (exact) mass is 297 g/mol. The lowest BCUT2D eigenvalue weighted by atomic mass is 10.2. The molecule has 2 nitrogen and oxygen atoms in total. The van der Waals surface area contributed by atoms with E-state index in [1.807, 2.05) is 31.2 Å². The number of ether oxygens (including phenoxy) is 1. The molecule has 0 saturated heterocycles. The van der Waals surface area contributed by atoms with Crippen LogP contribution < -0.4 is 4.74 Å². The van der Waals surface area contributed by atoms with E-state index in [4.69, 9.17) is 4.74 Å².